The van der Waals surface area contributed by atoms with E-state index in [-0.39, 0.29) is 24.3 Å². The Bertz CT molecular complexity index is 802. The van der Waals surface area contributed by atoms with Crippen molar-refractivity contribution < 1.29 is 17.9 Å². The molecule has 1 aromatic rings. The van der Waals surface area contributed by atoms with E-state index >= 15 is 0 Å². The molecule has 9 heteroatoms. The van der Waals surface area contributed by atoms with Crippen molar-refractivity contribution in [2.24, 2.45) is 0 Å². The molecule has 0 N–H and O–H groups in total. The highest BCUT2D eigenvalue weighted by atomic mass is 32.2. The molecule has 3 heterocycles. The van der Waals surface area contributed by atoms with Gasteiger partial charge in [-0.15, -0.1) is 23.5 Å². The summed E-state index contributed by atoms with van der Waals surface area (Å²) in [6.07, 6.45) is 2.00. The Morgan fingerprint density at radius 2 is 1.76 bits per heavy atom. The van der Waals surface area contributed by atoms with Gasteiger partial charge in [-0.2, -0.15) is 0 Å². The van der Waals surface area contributed by atoms with E-state index in [9.17, 15) is 13.2 Å². The van der Waals surface area contributed by atoms with Crippen molar-refractivity contribution >= 4 is 39.3 Å². The fourth-order valence-electron chi connectivity index (χ4n) is 4.04. The summed E-state index contributed by atoms with van der Waals surface area (Å²) >= 11 is 3.98. The lowest BCUT2D eigenvalue weighted by atomic mass is 10.2. The monoisotopic (exact) mass is 456 g/mol. The van der Waals surface area contributed by atoms with Gasteiger partial charge < -0.3 is 9.64 Å². The number of rotatable bonds is 5. The molecule has 0 aromatic heterocycles. The van der Waals surface area contributed by atoms with Crippen LogP contribution in [0.25, 0.3) is 0 Å². The molecule has 0 aliphatic carbocycles. The van der Waals surface area contributed by atoms with Crippen LogP contribution < -0.4 is 4.74 Å². The van der Waals surface area contributed by atoms with Crippen molar-refractivity contribution in [3.05, 3.63) is 29.8 Å². The van der Waals surface area contributed by atoms with Crippen LogP contribution in [0.2, 0.25) is 0 Å². The van der Waals surface area contributed by atoms with Crippen molar-refractivity contribution in [2.45, 2.75) is 23.5 Å². The zero-order valence-electron chi connectivity index (χ0n) is 16.5. The predicted molar refractivity (Wildman–Crippen MR) is 119 cm³/mol. The van der Waals surface area contributed by atoms with E-state index < -0.39 is 9.84 Å². The molecule has 0 spiro atoms. The number of nitrogens with zero attached hydrogens (tertiary/aromatic N) is 2. The second-order valence-corrected chi connectivity index (χ2v) is 12.7. The van der Waals surface area contributed by atoms with Crippen molar-refractivity contribution in [1.29, 1.82) is 0 Å². The van der Waals surface area contributed by atoms with Gasteiger partial charge in [0.1, 0.15) is 5.75 Å². The van der Waals surface area contributed by atoms with Gasteiger partial charge in [-0.3, -0.25) is 9.69 Å². The first-order valence-corrected chi connectivity index (χ1v) is 14.1. The molecule has 3 fully saturated rings. The molecule has 1 amide bonds. The van der Waals surface area contributed by atoms with Gasteiger partial charge in [-0.25, -0.2) is 8.42 Å². The van der Waals surface area contributed by atoms with Crippen LogP contribution in [0, 0.1) is 0 Å². The number of hydrogen-bond donors (Lipinski definition) is 0. The Hall–Kier alpha value is -0.900. The Balaban J connectivity index is 1.21. The Morgan fingerprint density at radius 3 is 2.38 bits per heavy atom. The molecule has 1 atom stereocenters. The topological polar surface area (TPSA) is 66.9 Å². The summed E-state index contributed by atoms with van der Waals surface area (Å²) in [5, 5.41) is 0. The summed E-state index contributed by atoms with van der Waals surface area (Å²) < 4.78 is 29.6. The fourth-order valence-corrected chi connectivity index (χ4v) is 8.69. The van der Waals surface area contributed by atoms with Crippen LogP contribution >= 0.6 is 23.5 Å². The van der Waals surface area contributed by atoms with Crippen LogP contribution in [-0.4, -0.2) is 86.0 Å². The van der Waals surface area contributed by atoms with Gasteiger partial charge in [0.05, 0.1) is 16.1 Å². The molecule has 3 saturated heterocycles. The van der Waals surface area contributed by atoms with E-state index in [2.05, 4.69) is 17.0 Å². The number of thioether (sulfide) groups is 2. The predicted octanol–water partition coefficient (Wildman–Crippen LogP) is 2.27. The number of amides is 1. The Kier molecular flexibility index (Phi) is 6.98. The molecule has 0 bridgehead atoms. The van der Waals surface area contributed by atoms with Crippen LogP contribution in [0.1, 0.15) is 23.0 Å². The zero-order valence-corrected chi connectivity index (χ0v) is 18.9. The minimum absolute atomic E-state index is 0.00818. The van der Waals surface area contributed by atoms with Crippen molar-refractivity contribution in [3.8, 4) is 5.75 Å². The highest BCUT2D eigenvalue weighted by Crippen LogP contribution is 2.43. The van der Waals surface area contributed by atoms with Gasteiger partial charge in [0.15, 0.2) is 16.4 Å². The standard InChI is InChI=1S/C20H28N2O4S3/c23-19(22-9-7-21(8-10-22)17-6-13-29(24,25)15-17)14-26-18-4-2-16(3-5-18)20-27-11-1-12-28-20/h2-5,17,20H,1,6-15H2. The summed E-state index contributed by atoms with van der Waals surface area (Å²) in [5.74, 6) is 3.70. The van der Waals surface area contributed by atoms with Crippen molar-refractivity contribution in [1.82, 2.24) is 9.80 Å². The molecule has 0 saturated carbocycles. The highest BCUT2D eigenvalue weighted by molar-refractivity contribution is 8.16. The SMILES string of the molecule is O=C(COc1ccc(C2SCCCS2)cc1)N1CCN(C2CCS(=O)(=O)C2)CC1. The number of ether oxygens (including phenoxy) is 1. The van der Waals surface area contributed by atoms with E-state index in [1.165, 1.54) is 23.5 Å². The molecular weight excluding hydrogens is 428 g/mol. The average Bonchev–Trinajstić information content (AvgIpc) is 3.13. The summed E-state index contributed by atoms with van der Waals surface area (Å²) in [6.45, 7) is 2.78. The van der Waals surface area contributed by atoms with E-state index in [4.69, 9.17) is 4.74 Å². The van der Waals surface area contributed by atoms with Gasteiger partial charge in [0.25, 0.3) is 5.91 Å². The molecule has 3 aliphatic heterocycles. The molecule has 29 heavy (non-hydrogen) atoms. The quantitative estimate of drug-likeness (QED) is 0.673. The minimum Gasteiger partial charge on any atom is -0.484 e. The van der Waals surface area contributed by atoms with Crippen LogP contribution in [0.15, 0.2) is 24.3 Å². The van der Waals surface area contributed by atoms with Gasteiger partial charge in [-0.1, -0.05) is 12.1 Å². The number of carbonyl (C=O) groups excluding carboxylic acids is 1. The summed E-state index contributed by atoms with van der Waals surface area (Å²) in [6, 6.07) is 8.23. The molecule has 1 aromatic carbocycles. The molecule has 0 radical (unpaired) electrons. The zero-order chi connectivity index (χ0) is 20.3. The highest BCUT2D eigenvalue weighted by Gasteiger charge is 2.34. The molecular formula is C20H28N2O4S3. The number of piperazine rings is 1. The van der Waals surface area contributed by atoms with E-state index in [1.807, 2.05) is 40.6 Å². The number of benzene rings is 1. The third-order valence-electron chi connectivity index (χ3n) is 5.73. The summed E-state index contributed by atoms with van der Waals surface area (Å²) in [5.41, 5.74) is 1.31. The van der Waals surface area contributed by atoms with E-state index in [1.54, 1.807) is 0 Å². The number of sulfone groups is 1. The van der Waals surface area contributed by atoms with Crippen LogP contribution in [0.3, 0.4) is 0 Å². The lowest BCUT2D eigenvalue weighted by Gasteiger charge is -2.37. The lowest BCUT2D eigenvalue weighted by Crippen LogP contribution is -2.53. The minimum atomic E-state index is -2.87. The maximum absolute atomic E-state index is 12.5. The van der Waals surface area contributed by atoms with Gasteiger partial charge >= 0.3 is 0 Å². The molecule has 4 rings (SSSR count). The average molecular weight is 457 g/mol. The third kappa shape index (κ3) is 5.62. The van der Waals surface area contributed by atoms with Crippen LogP contribution in [-0.2, 0) is 14.6 Å². The van der Waals surface area contributed by atoms with Gasteiger partial charge in [0.2, 0.25) is 0 Å². The summed E-state index contributed by atoms with van der Waals surface area (Å²) in [4.78, 5) is 16.5. The molecule has 1 unspecified atom stereocenters. The number of carbonyl (C=O) groups is 1. The Morgan fingerprint density at radius 1 is 1.07 bits per heavy atom. The maximum Gasteiger partial charge on any atom is 0.260 e. The second-order valence-electron chi connectivity index (χ2n) is 7.76. The van der Waals surface area contributed by atoms with Crippen LogP contribution in [0.5, 0.6) is 5.75 Å². The first-order valence-electron chi connectivity index (χ1n) is 10.2. The molecule has 6 nitrogen and oxygen atoms in total. The van der Waals surface area contributed by atoms with E-state index in [0.29, 0.717) is 29.8 Å². The smallest absolute Gasteiger partial charge is 0.260 e. The van der Waals surface area contributed by atoms with Crippen molar-refractivity contribution in [2.75, 3.05) is 55.8 Å². The van der Waals surface area contributed by atoms with Crippen LogP contribution in [0.4, 0.5) is 0 Å². The largest absolute Gasteiger partial charge is 0.484 e. The third-order valence-corrected chi connectivity index (χ3v) is 10.5. The lowest BCUT2D eigenvalue weighted by molar-refractivity contribution is -0.135. The van der Waals surface area contributed by atoms with Gasteiger partial charge in [0, 0.05) is 32.2 Å². The first kappa shape index (κ1) is 21.3. The fraction of sp³-hybridized carbons (Fsp3) is 0.650. The van der Waals surface area contributed by atoms with E-state index in [0.717, 1.165) is 18.8 Å². The summed E-state index contributed by atoms with van der Waals surface area (Å²) in [7, 11) is -2.87. The maximum atomic E-state index is 12.5. The number of hydrogen-bond acceptors (Lipinski definition) is 7. The molecule has 160 valence electrons. The van der Waals surface area contributed by atoms with Crippen molar-refractivity contribution in [3.63, 3.8) is 0 Å². The molecule has 3 aliphatic rings. The van der Waals surface area contributed by atoms with Gasteiger partial charge in [-0.05, 0) is 42.0 Å². The Labute approximate surface area is 181 Å². The second kappa shape index (κ2) is 9.49. The normalized spacial score (nSPS) is 25.8. The first-order chi connectivity index (χ1) is 14.0.